The Kier molecular flexibility index (Phi) is 4.47. The third-order valence-corrected chi connectivity index (χ3v) is 6.75. The average Bonchev–Trinajstić information content (AvgIpc) is 3.44. The number of hydrogen-bond donors (Lipinski definition) is 1. The minimum Gasteiger partial charge on any atom is -0.356 e. The zero-order chi connectivity index (χ0) is 20.0. The van der Waals surface area contributed by atoms with Crippen molar-refractivity contribution in [2.75, 3.05) is 36.4 Å². The first-order valence-electron chi connectivity index (χ1n) is 9.87. The van der Waals surface area contributed by atoms with E-state index in [0.29, 0.717) is 16.3 Å². The Morgan fingerprint density at radius 1 is 1.28 bits per heavy atom. The van der Waals surface area contributed by atoms with Crippen molar-refractivity contribution in [1.82, 2.24) is 29.5 Å². The van der Waals surface area contributed by atoms with E-state index >= 15 is 0 Å². The monoisotopic (exact) mass is 412 g/mol. The van der Waals surface area contributed by atoms with Gasteiger partial charge in [-0.25, -0.2) is 9.97 Å². The lowest BCUT2D eigenvalue weighted by Gasteiger charge is -2.25. The van der Waals surface area contributed by atoms with Crippen molar-refractivity contribution in [1.29, 1.82) is 0 Å². The molecule has 0 aromatic carbocycles. The summed E-state index contributed by atoms with van der Waals surface area (Å²) in [6.07, 6.45) is 5.83. The van der Waals surface area contributed by atoms with Gasteiger partial charge in [0.05, 0.1) is 0 Å². The van der Waals surface area contributed by atoms with E-state index in [2.05, 4.69) is 41.2 Å². The highest BCUT2D eigenvalue weighted by molar-refractivity contribution is 7.15. The molecule has 1 unspecified atom stereocenters. The van der Waals surface area contributed by atoms with Crippen LogP contribution in [0.5, 0.6) is 0 Å². The maximum atomic E-state index is 11.2. The van der Waals surface area contributed by atoms with Gasteiger partial charge < -0.3 is 10.2 Å². The summed E-state index contributed by atoms with van der Waals surface area (Å²) in [6, 6.07) is 2.11. The van der Waals surface area contributed by atoms with Gasteiger partial charge in [0, 0.05) is 61.4 Å². The number of aromatic nitrogens is 5. The van der Waals surface area contributed by atoms with E-state index in [1.807, 2.05) is 17.6 Å². The molecule has 1 spiro atoms. The predicted molar refractivity (Wildman–Crippen MR) is 111 cm³/mol. The van der Waals surface area contributed by atoms with Gasteiger partial charge in [-0.1, -0.05) is 0 Å². The van der Waals surface area contributed by atoms with E-state index in [1.54, 1.807) is 17.7 Å². The largest absolute Gasteiger partial charge is 0.356 e. The molecule has 9 nitrogen and oxygen atoms in total. The van der Waals surface area contributed by atoms with E-state index in [-0.39, 0.29) is 5.91 Å². The highest BCUT2D eigenvalue weighted by Gasteiger charge is 2.44. The van der Waals surface area contributed by atoms with E-state index < -0.39 is 0 Å². The summed E-state index contributed by atoms with van der Waals surface area (Å²) in [5, 5.41) is 7.81. The van der Waals surface area contributed by atoms with Crippen LogP contribution in [0.3, 0.4) is 0 Å². The first-order valence-corrected chi connectivity index (χ1v) is 10.7. The standard InChI is InChI=1S/C19H24N8OS/c1-13-7-16(27-17(23-13)21-12-22-27)26-6-4-19(11-26)3-5-25(10-19)9-15-8-20-18(29-15)24-14(2)28/h7-8,12H,3-6,9-11H2,1-2H3,(H,20,24,28). The maximum Gasteiger partial charge on any atom is 0.254 e. The number of fused-ring (bicyclic) bond motifs is 1. The second-order valence-electron chi connectivity index (χ2n) is 8.17. The molecule has 2 fully saturated rings. The highest BCUT2D eigenvalue weighted by atomic mass is 32.1. The SMILES string of the molecule is CC(=O)Nc1ncc(CN2CCC3(CCN(c4cc(C)nc5ncnn45)C3)C2)s1. The molecule has 5 heterocycles. The number of aryl methyl sites for hydroxylation is 1. The third-order valence-electron chi connectivity index (χ3n) is 5.86. The van der Waals surface area contributed by atoms with Gasteiger partial charge in [0.15, 0.2) is 5.13 Å². The number of nitrogens with one attached hydrogen (secondary N) is 1. The van der Waals surface area contributed by atoms with Crippen LogP contribution < -0.4 is 10.2 Å². The number of anilines is 2. The van der Waals surface area contributed by atoms with Crippen LogP contribution in [0.2, 0.25) is 0 Å². The molecule has 2 aliphatic rings. The quantitative estimate of drug-likeness (QED) is 0.700. The molecule has 29 heavy (non-hydrogen) atoms. The molecule has 2 saturated heterocycles. The topological polar surface area (TPSA) is 91.5 Å². The van der Waals surface area contributed by atoms with Crippen molar-refractivity contribution < 1.29 is 4.79 Å². The summed E-state index contributed by atoms with van der Waals surface area (Å²) >= 11 is 1.56. The normalized spacial score (nSPS) is 22.2. The fraction of sp³-hybridized carbons (Fsp3) is 0.526. The van der Waals surface area contributed by atoms with Crippen molar-refractivity contribution in [2.45, 2.75) is 33.2 Å². The number of hydrogen-bond acceptors (Lipinski definition) is 8. The molecule has 0 aliphatic carbocycles. The number of carbonyl (C=O) groups is 1. The Labute approximate surface area is 172 Å². The van der Waals surface area contributed by atoms with Crippen LogP contribution >= 0.6 is 11.3 Å². The molecule has 1 atom stereocenters. The second-order valence-corrected chi connectivity index (χ2v) is 9.29. The van der Waals surface area contributed by atoms with Gasteiger partial charge in [0.2, 0.25) is 5.91 Å². The summed E-state index contributed by atoms with van der Waals surface area (Å²) < 4.78 is 1.85. The average molecular weight is 413 g/mol. The summed E-state index contributed by atoms with van der Waals surface area (Å²) in [4.78, 5) is 30.3. The number of likely N-dealkylation sites (tertiary alicyclic amines) is 1. The number of rotatable bonds is 4. The van der Waals surface area contributed by atoms with Gasteiger partial charge in [0.25, 0.3) is 5.78 Å². The smallest absolute Gasteiger partial charge is 0.254 e. The fourth-order valence-electron chi connectivity index (χ4n) is 4.57. The molecule has 3 aromatic heterocycles. The van der Waals surface area contributed by atoms with E-state index in [4.69, 9.17) is 0 Å². The summed E-state index contributed by atoms with van der Waals surface area (Å²) in [5.74, 6) is 1.67. The molecular formula is C19H24N8OS. The van der Waals surface area contributed by atoms with Crippen molar-refractivity contribution in [3.8, 4) is 0 Å². The molecule has 0 radical (unpaired) electrons. The van der Waals surface area contributed by atoms with Gasteiger partial charge in [-0.2, -0.15) is 14.6 Å². The Bertz CT molecular complexity index is 1060. The molecule has 10 heteroatoms. The fourth-order valence-corrected chi connectivity index (χ4v) is 5.47. The lowest BCUT2D eigenvalue weighted by molar-refractivity contribution is -0.114. The van der Waals surface area contributed by atoms with Gasteiger partial charge in [0.1, 0.15) is 12.1 Å². The van der Waals surface area contributed by atoms with Crippen LogP contribution in [0.25, 0.3) is 5.78 Å². The van der Waals surface area contributed by atoms with Crippen molar-refractivity contribution in [2.24, 2.45) is 5.41 Å². The van der Waals surface area contributed by atoms with Crippen molar-refractivity contribution >= 4 is 34.0 Å². The third kappa shape index (κ3) is 3.58. The van der Waals surface area contributed by atoms with Crippen LogP contribution in [0.4, 0.5) is 10.9 Å². The van der Waals surface area contributed by atoms with E-state index in [0.717, 1.165) is 44.2 Å². The number of nitrogens with zero attached hydrogens (tertiary/aromatic N) is 7. The molecule has 152 valence electrons. The molecule has 1 N–H and O–H groups in total. The molecule has 2 aliphatic heterocycles. The Balaban J connectivity index is 1.27. The van der Waals surface area contributed by atoms with Crippen LogP contribution in [-0.2, 0) is 11.3 Å². The predicted octanol–water partition coefficient (Wildman–Crippen LogP) is 1.95. The van der Waals surface area contributed by atoms with E-state index in [1.165, 1.54) is 24.6 Å². The summed E-state index contributed by atoms with van der Waals surface area (Å²) in [5.41, 5.74) is 1.28. The number of amides is 1. The van der Waals surface area contributed by atoms with Gasteiger partial charge in [-0.3, -0.25) is 9.69 Å². The Hall–Kier alpha value is -2.59. The molecular weight excluding hydrogens is 388 g/mol. The molecule has 0 saturated carbocycles. The molecule has 3 aromatic rings. The second kappa shape index (κ2) is 7.03. The lowest BCUT2D eigenvalue weighted by Crippen LogP contribution is -2.31. The molecule has 5 rings (SSSR count). The van der Waals surface area contributed by atoms with Gasteiger partial charge >= 0.3 is 0 Å². The first-order chi connectivity index (χ1) is 14.0. The highest BCUT2D eigenvalue weighted by Crippen LogP contribution is 2.41. The summed E-state index contributed by atoms with van der Waals surface area (Å²) in [7, 11) is 0. The molecule has 0 bridgehead atoms. The molecule has 1 amide bonds. The van der Waals surface area contributed by atoms with Crippen LogP contribution in [0.1, 0.15) is 30.3 Å². The van der Waals surface area contributed by atoms with Crippen LogP contribution in [0.15, 0.2) is 18.6 Å². The summed E-state index contributed by atoms with van der Waals surface area (Å²) in [6.45, 7) is 8.64. The Morgan fingerprint density at radius 3 is 3.00 bits per heavy atom. The van der Waals surface area contributed by atoms with Gasteiger partial charge in [-0.05, 0) is 26.3 Å². The van der Waals surface area contributed by atoms with E-state index in [9.17, 15) is 4.79 Å². The maximum absolute atomic E-state index is 11.2. The van der Waals surface area contributed by atoms with Crippen molar-refractivity contribution in [3.05, 3.63) is 29.2 Å². The van der Waals surface area contributed by atoms with Crippen molar-refractivity contribution in [3.63, 3.8) is 0 Å². The van der Waals surface area contributed by atoms with Crippen LogP contribution in [0, 0.1) is 12.3 Å². The first kappa shape index (κ1) is 18.4. The Morgan fingerprint density at radius 2 is 2.14 bits per heavy atom. The lowest BCUT2D eigenvalue weighted by atomic mass is 9.86. The van der Waals surface area contributed by atoms with Crippen LogP contribution in [-0.4, -0.2) is 61.6 Å². The minimum atomic E-state index is -0.0788. The van der Waals surface area contributed by atoms with Gasteiger partial charge in [-0.15, -0.1) is 11.3 Å². The zero-order valence-corrected chi connectivity index (χ0v) is 17.4. The number of thiazole rings is 1. The zero-order valence-electron chi connectivity index (χ0n) is 16.6. The minimum absolute atomic E-state index is 0.0788. The number of carbonyl (C=O) groups excluding carboxylic acids is 1.